The smallest absolute Gasteiger partial charge is 0.149 e. The molecule has 2 heterocycles. The number of likely N-dealkylation sites (tertiary alicyclic amines) is 2. The Balaban J connectivity index is 1.70. The maximum atomic E-state index is 11.8. The lowest BCUT2D eigenvalue weighted by Gasteiger charge is -2.41. The summed E-state index contributed by atoms with van der Waals surface area (Å²) in [5.74, 6) is 0.546. The van der Waals surface area contributed by atoms with Gasteiger partial charge in [-0.2, -0.15) is 0 Å². The van der Waals surface area contributed by atoms with Gasteiger partial charge in [-0.05, 0) is 25.7 Å². The van der Waals surface area contributed by atoms with Crippen LogP contribution in [0, 0.1) is 5.92 Å². The molecule has 116 valence electrons. The largest absolute Gasteiger partial charge is 0.381 e. The van der Waals surface area contributed by atoms with Gasteiger partial charge in [0.1, 0.15) is 5.78 Å². The number of Topliss-reactive ketones (excluding diaryl/α,β-unsaturated/α-hetero) is 1. The highest BCUT2D eigenvalue weighted by Crippen LogP contribution is 2.22. The van der Waals surface area contributed by atoms with Crippen molar-refractivity contribution < 1.29 is 9.53 Å². The molecular weight excluding hydrogens is 252 g/mol. The summed E-state index contributed by atoms with van der Waals surface area (Å²) >= 11 is 0. The zero-order valence-corrected chi connectivity index (χ0v) is 13.3. The zero-order valence-electron chi connectivity index (χ0n) is 13.3. The van der Waals surface area contributed by atoms with Crippen molar-refractivity contribution in [2.45, 2.75) is 51.7 Å². The second kappa shape index (κ2) is 7.53. The summed E-state index contributed by atoms with van der Waals surface area (Å²) in [5.41, 5.74) is 0. The Labute approximate surface area is 123 Å². The van der Waals surface area contributed by atoms with Gasteiger partial charge < -0.3 is 9.64 Å². The SMILES string of the molecule is COC1CCN(C2CCN(CC(=O)C(C)C)CC2)CC1. The first-order chi connectivity index (χ1) is 9.60. The molecule has 0 aromatic rings. The van der Waals surface area contributed by atoms with Gasteiger partial charge in [-0.3, -0.25) is 9.69 Å². The number of hydrogen-bond acceptors (Lipinski definition) is 4. The molecule has 2 fully saturated rings. The molecule has 4 nitrogen and oxygen atoms in total. The minimum absolute atomic E-state index is 0.167. The molecule has 0 amide bonds. The number of ether oxygens (including phenoxy) is 1. The van der Waals surface area contributed by atoms with Crippen molar-refractivity contribution in [3.8, 4) is 0 Å². The zero-order chi connectivity index (χ0) is 14.5. The van der Waals surface area contributed by atoms with E-state index in [0.717, 1.165) is 19.1 Å². The summed E-state index contributed by atoms with van der Waals surface area (Å²) < 4.78 is 5.44. The van der Waals surface area contributed by atoms with Gasteiger partial charge in [-0.25, -0.2) is 0 Å². The van der Waals surface area contributed by atoms with E-state index in [1.807, 2.05) is 21.0 Å². The molecular formula is C16H30N2O2. The molecule has 0 N–H and O–H groups in total. The summed E-state index contributed by atoms with van der Waals surface area (Å²) in [4.78, 5) is 16.8. The van der Waals surface area contributed by atoms with E-state index in [1.54, 1.807) is 0 Å². The predicted octanol–water partition coefficient (Wildman–Crippen LogP) is 1.79. The van der Waals surface area contributed by atoms with Crippen LogP contribution in [-0.4, -0.2) is 67.6 Å². The Bertz CT molecular complexity index is 304. The fourth-order valence-corrected chi connectivity index (χ4v) is 3.32. The monoisotopic (exact) mass is 282 g/mol. The van der Waals surface area contributed by atoms with Crippen molar-refractivity contribution in [2.75, 3.05) is 39.8 Å². The molecule has 0 aromatic carbocycles. The fourth-order valence-electron chi connectivity index (χ4n) is 3.32. The van der Waals surface area contributed by atoms with Gasteiger partial charge in [-0.1, -0.05) is 13.8 Å². The van der Waals surface area contributed by atoms with Crippen LogP contribution in [0.4, 0.5) is 0 Å². The Morgan fingerprint density at radius 2 is 1.70 bits per heavy atom. The summed E-state index contributed by atoms with van der Waals surface area (Å²) in [5, 5.41) is 0. The first-order valence-corrected chi connectivity index (χ1v) is 8.12. The molecule has 0 aliphatic carbocycles. The van der Waals surface area contributed by atoms with Crippen LogP contribution in [0.5, 0.6) is 0 Å². The van der Waals surface area contributed by atoms with Gasteiger partial charge >= 0.3 is 0 Å². The molecule has 0 saturated carbocycles. The van der Waals surface area contributed by atoms with Crippen LogP contribution in [0.25, 0.3) is 0 Å². The van der Waals surface area contributed by atoms with Crippen molar-refractivity contribution in [1.82, 2.24) is 9.80 Å². The average molecular weight is 282 g/mol. The standard InChI is InChI=1S/C16H30N2O2/c1-13(2)16(19)12-17-8-4-14(5-9-17)18-10-6-15(20-3)7-11-18/h13-15H,4-12H2,1-3H3. The highest BCUT2D eigenvalue weighted by Gasteiger charge is 2.28. The number of hydrogen-bond donors (Lipinski definition) is 0. The molecule has 0 unspecified atom stereocenters. The van der Waals surface area contributed by atoms with Crippen LogP contribution in [0.2, 0.25) is 0 Å². The molecule has 2 saturated heterocycles. The van der Waals surface area contributed by atoms with Crippen molar-refractivity contribution in [3.05, 3.63) is 0 Å². The number of piperidine rings is 2. The molecule has 4 heteroatoms. The van der Waals surface area contributed by atoms with Crippen LogP contribution >= 0.6 is 0 Å². The van der Waals surface area contributed by atoms with Gasteiger partial charge in [0, 0.05) is 45.2 Å². The third-order valence-corrected chi connectivity index (χ3v) is 4.91. The predicted molar refractivity (Wildman–Crippen MR) is 80.9 cm³/mol. The highest BCUT2D eigenvalue weighted by atomic mass is 16.5. The van der Waals surface area contributed by atoms with E-state index in [-0.39, 0.29) is 5.92 Å². The van der Waals surface area contributed by atoms with Crippen molar-refractivity contribution in [3.63, 3.8) is 0 Å². The molecule has 0 aromatic heterocycles. The number of ketones is 1. The third-order valence-electron chi connectivity index (χ3n) is 4.91. The van der Waals surface area contributed by atoms with Crippen molar-refractivity contribution >= 4 is 5.78 Å². The van der Waals surface area contributed by atoms with E-state index in [1.165, 1.54) is 38.8 Å². The second-order valence-electron chi connectivity index (χ2n) is 6.60. The van der Waals surface area contributed by atoms with Gasteiger partial charge in [0.25, 0.3) is 0 Å². The van der Waals surface area contributed by atoms with Crippen molar-refractivity contribution in [1.29, 1.82) is 0 Å². The van der Waals surface area contributed by atoms with Crippen LogP contribution in [-0.2, 0) is 9.53 Å². The van der Waals surface area contributed by atoms with E-state index in [4.69, 9.17) is 4.74 Å². The Morgan fingerprint density at radius 3 is 2.20 bits per heavy atom. The molecule has 0 atom stereocenters. The maximum absolute atomic E-state index is 11.8. The van der Waals surface area contributed by atoms with Crippen LogP contribution in [0.1, 0.15) is 39.5 Å². The van der Waals surface area contributed by atoms with Crippen LogP contribution < -0.4 is 0 Å². The summed E-state index contributed by atoms with van der Waals surface area (Å²) in [6.07, 6.45) is 5.23. The molecule has 2 rings (SSSR count). The molecule has 2 aliphatic rings. The topological polar surface area (TPSA) is 32.8 Å². The quantitative estimate of drug-likeness (QED) is 0.769. The Hall–Kier alpha value is -0.450. The highest BCUT2D eigenvalue weighted by molar-refractivity contribution is 5.82. The normalized spacial score (nSPS) is 24.4. The van der Waals surface area contributed by atoms with Gasteiger partial charge in [0.2, 0.25) is 0 Å². The first kappa shape index (κ1) is 15.9. The number of carbonyl (C=O) groups is 1. The third kappa shape index (κ3) is 4.27. The lowest BCUT2D eigenvalue weighted by atomic mass is 9.98. The van der Waals surface area contributed by atoms with E-state index in [2.05, 4.69) is 9.80 Å². The van der Waals surface area contributed by atoms with E-state index < -0.39 is 0 Å². The van der Waals surface area contributed by atoms with Crippen molar-refractivity contribution in [2.24, 2.45) is 5.92 Å². The number of rotatable bonds is 5. The second-order valence-corrected chi connectivity index (χ2v) is 6.60. The first-order valence-electron chi connectivity index (χ1n) is 8.12. The average Bonchev–Trinajstić information content (AvgIpc) is 2.48. The summed E-state index contributed by atoms with van der Waals surface area (Å²) in [7, 11) is 1.82. The minimum Gasteiger partial charge on any atom is -0.381 e. The minimum atomic E-state index is 0.167. The molecule has 0 bridgehead atoms. The number of methoxy groups -OCH3 is 1. The molecule has 2 aliphatic heterocycles. The Morgan fingerprint density at radius 1 is 1.10 bits per heavy atom. The lowest BCUT2D eigenvalue weighted by molar-refractivity contribution is -0.123. The summed E-state index contributed by atoms with van der Waals surface area (Å²) in [6.45, 7) is 9.14. The molecule has 20 heavy (non-hydrogen) atoms. The van der Waals surface area contributed by atoms with E-state index in [9.17, 15) is 4.79 Å². The van der Waals surface area contributed by atoms with Crippen LogP contribution in [0.3, 0.4) is 0 Å². The molecule has 0 radical (unpaired) electrons. The maximum Gasteiger partial charge on any atom is 0.149 e. The van der Waals surface area contributed by atoms with Gasteiger partial charge in [-0.15, -0.1) is 0 Å². The summed E-state index contributed by atoms with van der Waals surface area (Å²) in [6, 6.07) is 0.721. The van der Waals surface area contributed by atoms with Crippen LogP contribution in [0.15, 0.2) is 0 Å². The van der Waals surface area contributed by atoms with E-state index in [0.29, 0.717) is 18.4 Å². The molecule has 0 spiro atoms. The van der Waals surface area contributed by atoms with E-state index >= 15 is 0 Å². The van der Waals surface area contributed by atoms with Gasteiger partial charge in [0.15, 0.2) is 0 Å². The fraction of sp³-hybridized carbons (Fsp3) is 0.938. The number of carbonyl (C=O) groups excluding carboxylic acids is 1. The lowest BCUT2D eigenvalue weighted by Crippen LogP contribution is -2.49. The van der Waals surface area contributed by atoms with Gasteiger partial charge in [0.05, 0.1) is 12.6 Å². The Kier molecular flexibility index (Phi) is 6.00. The number of nitrogens with zero attached hydrogens (tertiary/aromatic N) is 2.